The largest absolute Gasteiger partial charge is 0.462 e. The molecule has 6 nitrogen and oxygen atoms in total. The molecule has 0 aromatic heterocycles. The molecule has 3 rings (SSSR count). The lowest BCUT2D eigenvalue weighted by Gasteiger charge is -2.45. The zero-order valence-electron chi connectivity index (χ0n) is 17.5. The molecule has 0 bridgehead atoms. The Morgan fingerprint density at radius 2 is 1.96 bits per heavy atom. The van der Waals surface area contributed by atoms with E-state index < -0.39 is 23.6 Å². The van der Waals surface area contributed by atoms with Crippen molar-refractivity contribution < 1.29 is 28.6 Å². The fourth-order valence-electron chi connectivity index (χ4n) is 5.19. The minimum absolute atomic E-state index is 0.0140. The van der Waals surface area contributed by atoms with Gasteiger partial charge >= 0.3 is 11.9 Å². The summed E-state index contributed by atoms with van der Waals surface area (Å²) in [7, 11) is 0. The SMILES string of the molecule is C=C1CC(OC(=O)C(C)CC)C([C@@]2(C)CO2)C2C1CC(=O)C2C(C)OC(C)=O. The van der Waals surface area contributed by atoms with E-state index in [-0.39, 0.29) is 41.5 Å². The molecular formula is C22H32O6. The fraction of sp³-hybridized carbons (Fsp3) is 0.773. The third-order valence-corrected chi connectivity index (χ3v) is 6.92. The fourth-order valence-corrected chi connectivity index (χ4v) is 5.19. The summed E-state index contributed by atoms with van der Waals surface area (Å²) in [5.41, 5.74) is 0.515. The van der Waals surface area contributed by atoms with E-state index in [1.807, 2.05) is 20.8 Å². The molecule has 8 atom stereocenters. The average Bonchev–Trinajstić information content (AvgIpc) is 3.24. The van der Waals surface area contributed by atoms with Crippen LogP contribution in [0, 0.1) is 29.6 Å². The predicted octanol–water partition coefficient (Wildman–Crippen LogP) is 3.08. The monoisotopic (exact) mass is 392 g/mol. The highest BCUT2D eigenvalue weighted by atomic mass is 16.6. The Labute approximate surface area is 167 Å². The molecule has 0 radical (unpaired) electrons. The molecule has 0 aromatic carbocycles. The second-order valence-electron chi connectivity index (χ2n) is 8.97. The van der Waals surface area contributed by atoms with Crippen LogP contribution in [0.25, 0.3) is 0 Å². The minimum atomic E-state index is -0.526. The van der Waals surface area contributed by atoms with Crippen LogP contribution in [-0.4, -0.2) is 42.1 Å². The van der Waals surface area contributed by atoms with E-state index in [9.17, 15) is 14.4 Å². The van der Waals surface area contributed by atoms with Crippen molar-refractivity contribution in [1.82, 2.24) is 0 Å². The van der Waals surface area contributed by atoms with E-state index in [1.54, 1.807) is 6.92 Å². The van der Waals surface area contributed by atoms with Crippen molar-refractivity contribution in [3.63, 3.8) is 0 Å². The van der Waals surface area contributed by atoms with Gasteiger partial charge in [-0.25, -0.2) is 0 Å². The molecule has 2 saturated carbocycles. The number of ether oxygens (including phenoxy) is 3. The Balaban J connectivity index is 1.93. The Hall–Kier alpha value is -1.69. The van der Waals surface area contributed by atoms with Gasteiger partial charge in [-0.15, -0.1) is 0 Å². The second-order valence-corrected chi connectivity index (χ2v) is 8.97. The molecule has 1 aliphatic heterocycles. The number of fused-ring (bicyclic) bond motifs is 1. The van der Waals surface area contributed by atoms with Gasteiger partial charge in [0.05, 0.1) is 24.0 Å². The molecule has 0 aromatic rings. The summed E-state index contributed by atoms with van der Waals surface area (Å²) in [6, 6.07) is 0. The second kappa shape index (κ2) is 7.62. The topological polar surface area (TPSA) is 82.2 Å². The maximum atomic E-state index is 12.9. The highest BCUT2D eigenvalue weighted by Gasteiger charge is 2.63. The molecular weight excluding hydrogens is 360 g/mol. The summed E-state index contributed by atoms with van der Waals surface area (Å²) in [5, 5.41) is 0. The average molecular weight is 392 g/mol. The van der Waals surface area contributed by atoms with Gasteiger partial charge in [0.2, 0.25) is 0 Å². The highest BCUT2D eigenvalue weighted by Crippen LogP contribution is 2.57. The summed E-state index contributed by atoms with van der Waals surface area (Å²) in [4.78, 5) is 36.9. The van der Waals surface area contributed by atoms with Gasteiger partial charge in [0.1, 0.15) is 18.0 Å². The van der Waals surface area contributed by atoms with Crippen molar-refractivity contribution >= 4 is 17.7 Å². The van der Waals surface area contributed by atoms with Crippen molar-refractivity contribution in [2.75, 3.05) is 6.61 Å². The molecule has 156 valence electrons. The lowest BCUT2D eigenvalue weighted by molar-refractivity contribution is -0.164. The van der Waals surface area contributed by atoms with Crippen molar-refractivity contribution in [2.24, 2.45) is 29.6 Å². The van der Waals surface area contributed by atoms with Gasteiger partial charge in [-0.3, -0.25) is 14.4 Å². The number of ketones is 1. The maximum absolute atomic E-state index is 12.9. The third-order valence-electron chi connectivity index (χ3n) is 6.92. The van der Waals surface area contributed by atoms with Gasteiger partial charge in [-0.2, -0.15) is 0 Å². The van der Waals surface area contributed by atoms with E-state index in [2.05, 4.69) is 6.58 Å². The van der Waals surface area contributed by atoms with Gasteiger partial charge in [0.15, 0.2) is 0 Å². The Morgan fingerprint density at radius 1 is 1.32 bits per heavy atom. The van der Waals surface area contributed by atoms with E-state index in [4.69, 9.17) is 14.2 Å². The highest BCUT2D eigenvalue weighted by molar-refractivity contribution is 5.85. The standard InChI is InChI=1S/C22H32O6/c1-7-11(2)21(25)28-17-8-12(3)15-9-16(24)18(13(4)27-14(5)23)19(15)20(17)22(6)10-26-22/h11,13,15,17-20H,3,7-10H2,1-2,4-6H3/t11?,13?,15?,17?,18?,19?,20?,22-/m1/s1. The number of rotatable bonds is 6. The number of esters is 2. The molecule has 28 heavy (non-hydrogen) atoms. The van der Waals surface area contributed by atoms with Crippen molar-refractivity contribution in [2.45, 2.75) is 71.7 Å². The molecule has 2 aliphatic carbocycles. The zero-order chi connectivity index (χ0) is 20.8. The van der Waals surface area contributed by atoms with Crippen LogP contribution in [0.5, 0.6) is 0 Å². The Kier molecular flexibility index (Phi) is 5.72. The first-order chi connectivity index (χ1) is 13.1. The van der Waals surface area contributed by atoms with Crippen molar-refractivity contribution in [3.05, 3.63) is 12.2 Å². The van der Waals surface area contributed by atoms with Crippen LogP contribution in [-0.2, 0) is 28.6 Å². The van der Waals surface area contributed by atoms with Gasteiger partial charge in [0, 0.05) is 25.7 Å². The van der Waals surface area contributed by atoms with Crippen molar-refractivity contribution in [3.8, 4) is 0 Å². The molecule has 3 aliphatic rings. The zero-order valence-corrected chi connectivity index (χ0v) is 17.5. The number of hydrogen-bond acceptors (Lipinski definition) is 6. The first-order valence-corrected chi connectivity index (χ1v) is 10.3. The third kappa shape index (κ3) is 3.76. The first-order valence-electron chi connectivity index (χ1n) is 10.3. The normalized spacial score (nSPS) is 39.1. The van der Waals surface area contributed by atoms with E-state index in [0.29, 0.717) is 25.9 Å². The van der Waals surface area contributed by atoms with E-state index in [0.717, 1.165) is 5.57 Å². The maximum Gasteiger partial charge on any atom is 0.308 e. The van der Waals surface area contributed by atoms with Gasteiger partial charge in [0.25, 0.3) is 0 Å². The van der Waals surface area contributed by atoms with Crippen LogP contribution in [0.3, 0.4) is 0 Å². The summed E-state index contributed by atoms with van der Waals surface area (Å²) in [6.45, 7) is 13.8. The lowest BCUT2D eigenvalue weighted by atomic mass is 9.62. The predicted molar refractivity (Wildman–Crippen MR) is 102 cm³/mol. The quantitative estimate of drug-likeness (QED) is 0.392. The van der Waals surface area contributed by atoms with Crippen LogP contribution in [0.2, 0.25) is 0 Å². The summed E-state index contributed by atoms with van der Waals surface area (Å²) >= 11 is 0. The number of hydrogen-bond donors (Lipinski definition) is 0. The molecule has 1 saturated heterocycles. The molecule has 0 N–H and O–H groups in total. The molecule has 3 fully saturated rings. The van der Waals surface area contributed by atoms with Crippen LogP contribution < -0.4 is 0 Å². The number of Topliss-reactive ketones (excluding diaryl/α,β-unsaturated/α-hetero) is 1. The molecule has 0 spiro atoms. The summed E-state index contributed by atoms with van der Waals surface area (Å²) in [6.07, 6.45) is 0.761. The Bertz CT molecular complexity index is 679. The van der Waals surface area contributed by atoms with Gasteiger partial charge in [-0.1, -0.05) is 26.0 Å². The lowest BCUT2D eigenvalue weighted by Crippen LogP contribution is -2.50. The van der Waals surface area contributed by atoms with Crippen LogP contribution in [0.4, 0.5) is 0 Å². The van der Waals surface area contributed by atoms with Gasteiger partial charge < -0.3 is 14.2 Å². The summed E-state index contributed by atoms with van der Waals surface area (Å²) < 4.78 is 17.1. The molecule has 7 unspecified atom stereocenters. The molecule has 0 amide bonds. The molecule has 1 heterocycles. The Morgan fingerprint density at radius 3 is 2.50 bits per heavy atom. The van der Waals surface area contributed by atoms with Gasteiger partial charge in [-0.05, 0) is 32.1 Å². The number of epoxide rings is 1. The number of carbonyl (C=O) groups excluding carboxylic acids is 3. The summed E-state index contributed by atoms with van der Waals surface area (Å²) in [5.74, 6) is -1.35. The smallest absolute Gasteiger partial charge is 0.308 e. The van der Waals surface area contributed by atoms with E-state index >= 15 is 0 Å². The minimum Gasteiger partial charge on any atom is -0.462 e. The van der Waals surface area contributed by atoms with Crippen LogP contribution in [0.15, 0.2) is 12.2 Å². The first kappa shape index (κ1) is 21.0. The number of carbonyl (C=O) groups is 3. The van der Waals surface area contributed by atoms with Crippen LogP contribution in [0.1, 0.15) is 53.9 Å². The van der Waals surface area contributed by atoms with E-state index in [1.165, 1.54) is 6.92 Å². The van der Waals surface area contributed by atoms with Crippen molar-refractivity contribution in [1.29, 1.82) is 0 Å². The molecule has 6 heteroatoms. The van der Waals surface area contributed by atoms with Crippen LogP contribution >= 0.6 is 0 Å².